The predicted octanol–water partition coefficient (Wildman–Crippen LogP) is 3.31. The van der Waals surface area contributed by atoms with Crippen LogP contribution in [-0.4, -0.2) is 18.6 Å². The lowest BCUT2D eigenvalue weighted by Crippen LogP contribution is -2.01. The number of hydrogen-bond donors (Lipinski definition) is 0. The van der Waals surface area contributed by atoms with E-state index in [1.165, 1.54) is 12.1 Å². The van der Waals surface area contributed by atoms with E-state index >= 15 is 0 Å². The monoisotopic (exact) mass is 234 g/mol. The molecule has 0 amide bonds. The summed E-state index contributed by atoms with van der Waals surface area (Å²) in [5.74, 6) is 1.58. The molecule has 0 radical (unpaired) electrons. The largest absolute Gasteiger partial charge is 0.492 e. The van der Waals surface area contributed by atoms with Crippen molar-refractivity contribution in [2.75, 3.05) is 18.6 Å². The van der Waals surface area contributed by atoms with Crippen molar-refractivity contribution >= 4 is 23.4 Å². The first-order valence-corrected chi connectivity index (χ1v) is 6.17. The number of benzene rings is 1. The summed E-state index contributed by atoms with van der Waals surface area (Å²) in [6, 6.07) is 4.40. The van der Waals surface area contributed by atoms with E-state index in [-0.39, 0.29) is 11.7 Å². The highest BCUT2D eigenvalue weighted by Crippen LogP contribution is 2.21. The van der Waals surface area contributed by atoms with E-state index in [9.17, 15) is 4.39 Å². The maximum Gasteiger partial charge on any atom is 0.123 e. The molecule has 0 fully saturated rings. The average molecular weight is 235 g/mol. The molecule has 0 spiro atoms. The quantitative estimate of drug-likeness (QED) is 0.571. The molecule has 0 unspecified atom stereocenters. The van der Waals surface area contributed by atoms with Gasteiger partial charge in [0.05, 0.1) is 12.5 Å². The zero-order chi connectivity index (χ0) is 10.4. The summed E-state index contributed by atoms with van der Waals surface area (Å²) in [5.41, 5.74) is 0.702. The van der Waals surface area contributed by atoms with Gasteiger partial charge < -0.3 is 4.74 Å². The molecule has 14 heavy (non-hydrogen) atoms. The van der Waals surface area contributed by atoms with Gasteiger partial charge in [-0.05, 0) is 24.5 Å². The first-order valence-electron chi connectivity index (χ1n) is 4.24. The van der Waals surface area contributed by atoms with Gasteiger partial charge in [-0.1, -0.05) is 0 Å². The fourth-order valence-electron chi connectivity index (χ4n) is 1.03. The minimum absolute atomic E-state index is 0.270. The molecule has 0 bridgehead atoms. The van der Waals surface area contributed by atoms with Crippen molar-refractivity contribution in [2.24, 2.45) is 0 Å². The van der Waals surface area contributed by atoms with Crippen molar-refractivity contribution in [3.05, 3.63) is 29.6 Å². The molecule has 0 N–H and O–H groups in total. The molecule has 0 atom stereocenters. The van der Waals surface area contributed by atoms with Crippen LogP contribution in [0.4, 0.5) is 4.39 Å². The van der Waals surface area contributed by atoms with Crippen LogP contribution >= 0.6 is 23.4 Å². The van der Waals surface area contributed by atoms with Crippen molar-refractivity contribution in [1.82, 2.24) is 0 Å². The summed E-state index contributed by atoms with van der Waals surface area (Å²) < 4.78 is 18.3. The summed E-state index contributed by atoms with van der Waals surface area (Å²) in [6.07, 6.45) is 2.01. The van der Waals surface area contributed by atoms with E-state index in [0.29, 0.717) is 17.9 Å². The van der Waals surface area contributed by atoms with Crippen molar-refractivity contribution in [3.63, 3.8) is 0 Å². The third-order valence-corrected chi connectivity index (χ3v) is 2.57. The van der Waals surface area contributed by atoms with E-state index in [4.69, 9.17) is 16.3 Å². The molecule has 0 aromatic heterocycles. The van der Waals surface area contributed by atoms with Crippen molar-refractivity contribution < 1.29 is 9.13 Å². The molecule has 0 heterocycles. The van der Waals surface area contributed by atoms with E-state index < -0.39 is 0 Å². The molecule has 0 saturated carbocycles. The molecule has 4 heteroatoms. The van der Waals surface area contributed by atoms with Gasteiger partial charge in [-0.2, -0.15) is 11.8 Å². The van der Waals surface area contributed by atoms with Gasteiger partial charge in [0.15, 0.2) is 0 Å². The molecule has 1 aromatic rings. The van der Waals surface area contributed by atoms with E-state index in [2.05, 4.69) is 0 Å². The number of halogens is 2. The van der Waals surface area contributed by atoms with Crippen LogP contribution in [0.15, 0.2) is 18.2 Å². The van der Waals surface area contributed by atoms with Gasteiger partial charge in [-0.25, -0.2) is 4.39 Å². The smallest absolute Gasteiger partial charge is 0.123 e. The lowest BCUT2D eigenvalue weighted by Gasteiger charge is -2.08. The Morgan fingerprint density at radius 3 is 2.93 bits per heavy atom. The Hall–Kier alpha value is -0.410. The standard InChI is InChI=1S/C10H12ClFOS/c1-14-5-4-13-10-3-2-9(12)6-8(10)7-11/h2-3,6H,4-5,7H2,1H3. The summed E-state index contributed by atoms with van der Waals surface area (Å²) in [4.78, 5) is 0. The fourth-order valence-corrected chi connectivity index (χ4v) is 1.49. The molecule has 0 aliphatic heterocycles. The van der Waals surface area contributed by atoms with Crippen molar-refractivity contribution in [3.8, 4) is 5.75 Å². The van der Waals surface area contributed by atoms with Gasteiger partial charge in [0.25, 0.3) is 0 Å². The van der Waals surface area contributed by atoms with E-state index in [1.54, 1.807) is 17.8 Å². The summed E-state index contributed by atoms with van der Waals surface area (Å²) in [5, 5.41) is 0. The highest BCUT2D eigenvalue weighted by Gasteiger charge is 2.03. The van der Waals surface area contributed by atoms with E-state index in [1.807, 2.05) is 6.26 Å². The Morgan fingerprint density at radius 2 is 2.29 bits per heavy atom. The second-order valence-electron chi connectivity index (χ2n) is 2.73. The van der Waals surface area contributed by atoms with Crippen LogP contribution in [0.2, 0.25) is 0 Å². The van der Waals surface area contributed by atoms with Crippen molar-refractivity contribution in [2.45, 2.75) is 5.88 Å². The second-order valence-corrected chi connectivity index (χ2v) is 3.98. The average Bonchev–Trinajstić information content (AvgIpc) is 2.20. The number of thioether (sulfide) groups is 1. The minimum atomic E-state index is -0.280. The third kappa shape index (κ3) is 3.39. The number of ether oxygens (including phenoxy) is 1. The van der Waals surface area contributed by atoms with Gasteiger partial charge in [0.2, 0.25) is 0 Å². The number of rotatable bonds is 5. The first-order chi connectivity index (χ1) is 6.77. The molecule has 1 nitrogen and oxygen atoms in total. The highest BCUT2D eigenvalue weighted by atomic mass is 35.5. The fraction of sp³-hybridized carbons (Fsp3) is 0.400. The first kappa shape index (κ1) is 11.7. The van der Waals surface area contributed by atoms with Crippen LogP contribution in [0.25, 0.3) is 0 Å². The van der Waals surface area contributed by atoms with Gasteiger partial charge >= 0.3 is 0 Å². The number of alkyl halides is 1. The lowest BCUT2D eigenvalue weighted by molar-refractivity contribution is 0.340. The highest BCUT2D eigenvalue weighted by molar-refractivity contribution is 7.98. The van der Waals surface area contributed by atoms with Gasteiger partial charge in [-0.3, -0.25) is 0 Å². The molecular formula is C10H12ClFOS. The Kier molecular flexibility index (Phi) is 5.12. The molecule has 0 saturated heterocycles. The second kappa shape index (κ2) is 6.14. The number of hydrogen-bond acceptors (Lipinski definition) is 2. The van der Waals surface area contributed by atoms with Gasteiger partial charge in [-0.15, -0.1) is 11.6 Å². The lowest BCUT2D eigenvalue weighted by atomic mass is 10.2. The zero-order valence-electron chi connectivity index (χ0n) is 7.93. The molecule has 78 valence electrons. The molecule has 0 aliphatic rings. The van der Waals surface area contributed by atoms with Crippen LogP contribution in [0.3, 0.4) is 0 Å². The summed E-state index contributed by atoms with van der Waals surface area (Å²) in [7, 11) is 0. The van der Waals surface area contributed by atoms with Crippen LogP contribution in [-0.2, 0) is 5.88 Å². The Balaban J connectivity index is 2.65. The van der Waals surface area contributed by atoms with E-state index in [0.717, 1.165) is 5.75 Å². The van der Waals surface area contributed by atoms with Crippen LogP contribution in [0.5, 0.6) is 5.75 Å². The Bertz CT molecular complexity index is 293. The van der Waals surface area contributed by atoms with Crippen LogP contribution in [0, 0.1) is 5.82 Å². The molecule has 1 rings (SSSR count). The molecule has 1 aromatic carbocycles. The Labute approximate surface area is 92.6 Å². The molecule has 0 aliphatic carbocycles. The van der Waals surface area contributed by atoms with Crippen LogP contribution in [0.1, 0.15) is 5.56 Å². The topological polar surface area (TPSA) is 9.23 Å². The maximum absolute atomic E-state index is 12.8. The Morgan fingerprint density at radius 1 is 1.50 bits per heavy atom. The normalized spacial score (nSPS) is 10.2. The summed E-state index contributed by atoms with van der Waals surface area (Å²) in [6.45, 7) is 0.622. The minimum Gasteiger partial charge on any atom is -0.492 e. The third-order valence-electron chi connectivity index (χ3n) is 1.71. The predicted molar refractivity (Wildman–Crippen MR) is 59.8 cm³/mol. The molecular weight excluding hydrogens is 223 g/mol. The summed E-state index contributed by atoms with van der Waals surface area (Å²) >= 11 is 7.37. The van der Waals surface area contributed by atoms with Gasteiger partial charge in [0.1, 0.15) is 11.6 Å². The van der Waals surface area contributed by atoms with Gasteiger partial charge in [0, 0.05) is 11.3 Å². The SMILES string of the molecule is CSCCOc1ccc(F)cc1CCl. The zero-order valence-corrected chi connectivity index (χ0v) is 9.50. The van der Waals surface area contributed by atoms with Crippen molar-refractivity contribution in [1.29, 1.82) is 0 Å². The van der Waals surface area contributed by atoms with Crippen LogP contribution < -0.4 is 4.74 Å². The maximum atomic E-state index is 12.8.